The van der Waals surface area contributed by atoms with Gasteiger partial charge in [0, 0.05) is 17.7 Å². The van der Waals surface area contributed by atoms with E-state index in [1.807, 2.05) is 37.3 Å². The molecule has 0 unspecified atom stereocenters. The topological polar surface area (TPSA) is 38.7 Å². The average molecular weight is 275 g/mol. The summed E-state index contributed by atoms with van der Waals surface area (Å²) in [5.41, 5.74) is 1.17. The van der Waals surface area contributed by atoms with Gasteiger partial charge in [-0.2, -0.15) is 0 Å². The highest BCUT2D eigenvalue weighted by atomic mass is 32.2. The van der Waals surface area contributed by atoms with Crippen molar-refractivity contribution in [3.05, 3.63) is 48.0 Å². The molecular weight excluding hydrogens is 258 g/mol. The summed E-state index contributed by atoms with van der Waals surface area (Å²) in [6.07, 6.45) is 0.531. The van der Waals surface area contributed by atoms with Crippen molar-refractivity contribution in [1.82, 2.24) is 0 Å². The van der Waals surface area contributed by atoms with Crippen LogP contribution in [0.4, 0.5) is 0 Å². The molecular formula is C15H17NO2S. The second kappa shape index (κ2) is 5.61. The van der Waals surface area contributed by atoms with Crippen molar-refractivity contribution in [1.29, 1.82) is 0 Å². The molecule has 3 nitrogen and oxygen atoms in total. The lowest BCUT2D eigenvalue weighted by molar-refractivity contribution is -0.145. The van der Waals surface area contributed by atoms with Crippen LogP contribution in [0.15, 0.2) is 47.5 Å². The summed E-state index contributed by atoms with van der Waals surface area (Å²) in [6, 6.07) is 9.90. The Morgan fingerprint density at radius 1 is 1.47 bits per heavy atom. The van der Waals surface area contributed by atoms with Gasteiger partial charge >= 0.3 is 5.97 Å². The minimum Gasteiger partial charge on any atom is -0.467 e. The van der Waals surface area contributed by atoms with Crippen molar-refractivity contribution in [2.45, 2.75) is 18.9 Å². The number of aliphatic imine (C=N–C) groups is 1. The number of carbonyl (C=O) groups is 1. The molecule has 0 amide bonds. The Hall–Kier alpha value is -1.55. The fourth-order valence-electron chi connectivity index (χ4n) is 2.13. The number of methoxy groups -OCH3 is 1. The van der Waals surface area contributed by atoms with E-state index < -0.39 is 5.54 Å². The molecule has 1 aromatic carbocycles. The van der Waals surface area contributed by atoms with Gasteiger partial charge in [0.1, 0.15) is 0 Å². The molecule has 0 aromatic heterocycles. The molecule has 1 aromatic rings. The van der Waals surface area contributed by atoms with Gasteiger partial charge in [0.05, 0.1) is 12.2 Å². The maximum Gasteiger partial charge on any atom is 0.335 e. The van der Waals surface area contributed by atoms with Crippen LogP contribution in [-0.4, -0.2) is 29.4 Å². The van der Waals surface area contributed by atoms with Crippen LogP contribution in [0.1, 0.15) is 18.9 Å². The van der Waals surface area contributed by atoms with E-state index >= 15 is 0 Å². The number of ether oxygens (including phenoxy) is 1. The van der Waals surface area contributed by atoms with Crippen LogP contribution >= 0.6 is 11.8 Å². The van der Waals surface area contributed by atoms with Gasteiger partial charge < -0.3 is 4.74 Å². The van der Waals surface area contributed by atoms with E-state index in [-0.39, 0.29) is 5.97 Å². The SMILES string of the molecule is C=C(C)C[C@@]1(C(=O)OC)CSC(c2ccccc2)=N1. The molecule has 0 spiro atoms. The zero-order valence-electron chi connectivity index (χ0n) is 11.2. The largest absolute Gasteiger partial charge is 0.467 e. The minimum absolute atomic E-state index is 0.283. The summed E-state index contributed by atoms with van der Waals surface area (Å²) in [4.78, 5) is 16.7. The second-order valence-electron chi connectivity index (χ2n) is 4.73. The van der Waals surface area contributed by atoms with E-state index in [1.54, 1.807) is 11.8 Å². The Kier molecular flexibility index (Phi) is 4.10. The first-order valence-electron chi connectivity index (χ1n) is 6.08. The quantitative estimate of drug-likeness (QED) is 0.626. The predicted molar refractivity (Wildman–Crippen MR) is 79.6 cm³/mol. The van der Waals surface area contributed by atoms with Gasteiger partial charge in [-0.1, -0.05) is 35.9 Å². The summed E-state index contributed by atoms with van der Waals surface area (Å²) < 4.78 is 4.92. The van der Waals surface area contributed by atoms with E-state index in [0.717, 1.165) is 16.2 Å². The van der Waals surface area contributed by atoms with E-state index in [2.05, 4.69) is 11.6 Å². The van der Waals surface area contributed by atoms with Crippen molar-refractivity contribution in [3.8, 4) is 0 Å². The maximum atomic E-state index is 12.1. The third-order valence-corrected chi connectivity index (χ3v) is 4.17. The average Bonchev–Trinajstić information content (AvgIpc) is 2.83. The molecule has 0 aliphatic carbocycles. The van der Waals surface area contributed by atoms with Crippen molar-refractivity contribution >= 4 is 22.8 Å². The molecule has 1 atom stereocenters. The number of hydrogen-bond donors (Lipinski definition) is 0. The zero-order valence-corrected chi connectivity index (χ0v) is 12.0. The van der Waals surface area contributed by atoms with Gasteiger partial charge in [-0.3, -0.25) is 4.99 Å². The first-order valence-corrected chi connectivity index (χ1v) is 7.07. The van der Waals surface area contributed by atoms with E-state index in [1.165, 1.54) is 7.11 Å². The molecule has 0 saturated carbocycles. The molecule has 0 bridgehead atoms. The third kappa shape index (κ3) is 2.89. The fraction of sp³-hybridized carbons (Fsp3) is 0.333. The maximum absolute atomic E-state index is 12.1. The van der Waals surface area contributed by atoms with Crippen LogP contribution in [0.3, 0.4) is 0 Å². The van der Waals surface area contributed by atoms with Gasteiger partial charge in [0.25, 0.3) is 0 Å². The predicted octanol–water partition coefficient (Wildman–Crippen LogP) is 3.06. The highest BCUT2D eigenvalue weighted by molar-refractivity contribution is 8.14. The van der Waals surface area contributed by atoms with Crippen LogP contribution in [0.5, 0.6) is 0 Å². The van der Waals surface area contributed by atoms with Crippen molar-refractivity contribution < 1.29 is 9.53 Å². The summed E-state index contributed by atoms with van der Waals surface area (Å²) in [5, 5.41) is 0.896. The van der Waals surface area contributed by atoms with Crippen molar-refractivity contribution in [2.75, 3.05) is 12.9 Å². The summed E-state index contributed by atoms with van der Waals surface area (Å²) in [7, 11) is 1.41. The molecule has 100 valence electrons. The molecule has 0 radical (unpaired) electrons. The lowest BCUT2D eigenvalue weighted by Gasteiger charge is -2.22. The molecule has 0 N–H and O–H groups in total. The molecule has 1 aliphatic heterocycles. The third-order valence-electron chi connectivity index (χ3n) is 2.94. The van der Waals surface area contributed by atoms with Gasteiger partial charge in [0.2, 0.25) is 0 Å². The Labute approximate surface area is 117 Å². The molecule has 19 heavy (non-hydrogen) atoms. The highest BCUT2D eigenvalue weighted by Gasteiger charge is 2.44. The van der Waals surface area contributed by atoms with Crippen LogP contribution in [0.25, 0.3) is 0 Å². The smallest absolute Gasteiger partial charge is 0.335 e. The number of hydrogen-bond acceptors (Lipinski definition) is 4. The van der Waals surface area contributed by atoms with Crippen molar-refractivity contribution in [3.63, 3.8) is 0 Å². The lowest BCUT2D eigenvalue weighted by atomic mass is 9.94. The number of carbonyl (C=O) groups excluding carboxylic acids is 1. The van der Waals surface area contributed by atoms with Gasteiger partial charge in [-0.15, -0.1) is 18.3 Å². The van der Waals surface area contributed by atoms with E-state index in [9.17, 15) is 4.79 Å². The van der Waals surface area contributed by atoms with Crippen LogP contribution in [0, 0.1) is 0 Å². The molecule has 1 aliphatic rings. The molecule has 4 heteroatoms. The van der Waals surface area contributed by atoms with Crippen LogP contribution in [-0.2, 0) is 9.53 Å². The number of rotatable bonds is 4. The lowest BCUT2D eigenvalue weighted by Crippen LogP contribution is -2.38. The Balaban J connectivity index is 2.35. The standard InChI is InChI=1S/C15H17NO2S/c1-11(2)9-15(14(17)18-3)10-19-13(16-15)12-7-5-4-6-8-12/h4-8H,1,9-10H2,2-3H3/t15-/m0/s1. The fourth-order valence-corrected chi connectivity index (χ4v) is 3.33. The molecule has 2 rings (SSSR count). The van der Waals surface area contributed by atoms with Gasteiger partial charge in [0.15, 0.2) is 5.54 Å². The molecule has 0 saturated heterocycles. The number of benzene rings is 1. The Morgan fingerprint density at radius 3 is 2.74 bits per heavy atom. The second-order valence-corrected chi connectivity index (χ2v) is 5.69. The first-order chi connectivity index (χ1) is 9.07. The first kappa shape index (κ1) is 13.9. The van der Waals surface area contributed by atoms with Gasteiger partial charge in [-0.05, 0) is 6.92 Å². The molecule has 0 fully saturated rings. The van der Waals surface area contributed by atoms with E-state index in [0.29, 0.717) is 12.2 Å². The van der Waals surface area contributed by atoms with Crippen LogP contribution < -0.4 is 0 Å². The summed E-state index contributed by atoms with van der Waals surface area (Å²) >= 11 is 1.60. The summed E-state index contributed by atoms with van der Waals surface area (Å²) in [5.74, 6) is 0.325. The monoisotopic (exact) mass is 275 g/mol. The van der Waals surface area contributed by atoms with Crippen molar-refractivity contribution in [2.24, 2.45) is 4.99 Å². The van der Waals surface area contributed by atoms with E-state index in [4.69, 9.17) is 4.74 Å². The van der Waals surface area contributed by atoms with Crippen LogP contribution in [0.2, 0.25) is 0 Å². The number of esters is 1. The minimum atomic E-state index is -0.809. The molecule has 1 heterocycles. The zero-order chi connectivity index (χ0) is 13.9. The number of thioether (sulfide) groups is 1. The van der Waals surface area contributed by atoms with Gasteiger partial charge in [-0.25, -0.2) is 4.79 Å². The Bertz CT molecular complexity index is 524. The Morgan fingerprint density at radius 2 is 2.16 bits per heavy atom. The highest BCUT2D eigenvalue weighted by Crippen LogP contribution is 2.36. The summed E-state index contributed by atoms with van der Waals surface area (Å²) in [6.45, 7) is 5.80. The number of nitrogens with zero attached hydrogens (tertiary/aromatic N) is 1. The normalized spacial score (nSPS) is 21.9.